The molecule has 16 heavy (non-hydrogen) atoms. The van der Waals surface area contributed by atoms with Crippen molar-refractivity contribution >= 4 is 17.6 Å². The molecule has 0 N–H and O–H groups in total. The Hall–Kier alpha value is -1.21. The summed E-state index contributed by atoms with van der Waals surface area (Å²) in [4.78, 5) is 6.76. The second-order valence-corrected chi connectivity index (χ2v) is 5.20. The van der Waals surface area contributed by atoms with Gasteiger partial charge >= 0.3 is 0 Å². The highest BCUT2D eigenvalue weighted by Gasteiger charge is 2.22. The fraction of sp³-hybridized carbons (Fsp3) is 0.500. The molecule has 0 aliphatic carbocycles. The predicted molar refractivity (Wildman–Crippen MR) is 67.8 cm³/mol. The Kier molecular flexibility index (Phi) is 3.35. The zero-order chi connectivity index (χ0) is 11.5. The lowest BCUT2D eigenvalue weighted by Gasteiger charge is -2.34. The van der Waals surface area contributed by atoms with Crippen molar-refractivity contribution in [3.63, 3.8) is 0 Å². The van der Waals surface area contributed by atoms with Crippen molar-refractivity contribution in [2.45, 2.75) is 19.9 Å². The lowest BCUT2D eigenvalue weighted by Crippen LogP contribution is -2.41. The van der Waals surface area contributed by atoms with Crippen molar-refractivity contribution in [3.8, 4) is 6.07 Å². The van der Waals surface area contributed by atoms with Crippen LogP contribution in [0.1, 0.15) is 18.2 Å². The van der Waals surface area contributed by atoms with E-state index in [0.29, 0.717) is 11.6 Å². The van der Waals surface area contributed by atoms with Gasteiger partial charge in [0, 0.05) is 29.8 Å². The molecule has 1 fully saturated rings. The monoisotopic (exact) mass is 233 g/mol. The van der Waals surface area contributed by atoms with Crippen LogP contribution < -0.4 is 4.90 Å². The number of anilines is 1. The molecule has 1 atom stereocenters. The van der Waals surface area contributed by atoms with Gasteiger partial charge in [0.2, 0.25) is 0 Å². The third kappa shape index (κ3) is 2.14. The van der Waals surface area contributed by atoms with E-state index in [2.05, 4.69) is 22.9 Å². The Morgan fingerprint density at radius 3 is 3.06 bits per heavy atom. The molecule has 3 nitrogen and oxygen atoms in total. The van der Waals surface area contributed by atoms with Crippen LogP contribution in [0.15, 0.2) is 12.1 Å². The van der Waals surface area contributed by atoms with Gasteiger partial charge in [-0.05, 0) is 26.0 Å². The summed E-state index contributed by atoms with van der Waals surface area (Å²) in [5, 5.41) is 9.10. The molecule has 0 aromatic carbocycles. The van der Waals surface area contributed by atoms with Gasteiger partial charge in [-0.1, -0.05) is 0 Å². The second kappa shape index (κ2) is 4.75. The molecule has 0 bridgehead atoms. The van der Waals surface area contributed by atoms with Crippen molar-refractivity contribution in [2.24, 2.45) is 0 Å². The summed E-state index contributed by atoms with van der Waals surface area (Å²) >= 11 is 1.97. The highest BCUT2D eigenvalue weighted by molar-refractivity contribution is 7.99. The van der Waals surface area contributed by atoms with Gasteiger partial charge < -0.3 is 4.90 Å². The molecule has 0 spiro atoms. The Bertz CT molecular complexity index is 425. The van der Waals surface area contributed by atoms with Gasteiger partial charge in [-0.2, -0.15) is 17.0 Å². The van der Waals surface area contributed by atoms with E-state index in [1.54, 1.807) is 0 Å². The van der Waals surface area contributed by atoms with Crippen LogP contribution >= 0.6 is 11.8 Å². The van der Waals surface area contributed by atoms with Crippen LogP contribution in [0.25, 0.3) is 0 Å². The standard InChI is InChI=1S/C12H15N3S/c1-9-3-4-11(7-13)12(14-9)15-5-6-16-8-10(15)2/h3-4,10H,5-6,8H2,1-2H3. The molecule has 2 heterocycles. The number of aromatic nitrogens is 1. The van der Waals surface area contributed by atoms with E-state index >= 15 is 0 Å². The van der Waals surface area contributed by atoms with Gasteiger partial charge in [0.1, 0.15) is 11.9 Å². The van der Waals surface area contributed by atoms with Gasteiger partial charge in [-0.3, -0.25) is 0 Å². The zero-order valence-electron chi connectivity index (χ0n) is 9.60. The molecule has 1 aromatic rings. The van der Waals surface area contributed by atoms with E-state index in [4.69, 9.17) is 5.26 Å². The second-order valence-electron chi connectivity index (χ2n) is 4.05. The fourth-order valence-electron chi connectivity index (χ4n) is 1.89. The van der Waals surface area contributed by atoms with Crippen LogP contribution in [0.5, 0.6) is 0 Å². The van der Waals surface area contributed by atoms with Crippen molar-refractivity contribution < 1.29 is 0 Å². The molecule has 1 aliphatic rings. The van der Waals surface area contributed by atoms with Crippen LogP contribution in [0.4, 0.5) is 5.82 Å². The molecule has 1 unspecified atom stereocenters. The first kappa shape index (κ1) is 11.3. The van der Waals surface area contributed by atoms with Crippen LogP contribution in [0, 0.1) is 18.3 Å². The van der Waals surface area contributed by atoms with E-state index in [0.717, 1.165) is 29.6 Å². The molecule has 0 radical (unpaired) electrons. The molecule has 0 amide bonds. The average Bonchev–Trinajstić information content (AvgIpc) is 2.29. The summed E-state index contributed by atoms with van der Waals surface area (Å²) in [5.41, 5.74) is 1.66. The van der Waals surface area contributed by atoms with Crippen molar-refractivity contribution in [3.05, 3.63) is 23.4 Å². The van der Waals surface area contributed by atoms with Crippen molar-refractivity contribution in [1.82, 2.24) is 4.98 Å². The number of rotatable bonds is 1. The van der Waals surface area contributed by atoms with Gasteiger partial charge in [-0.25, -0.2) is 4.98 Å². The van der Waals surface area contributed by atoms with Crippen LogP contribution in [-0.4, -0.2) is 29.1 Å². The maximum atomic E-state index is 9.10. The molecular formula is C12H15N3S. The van der Waals surface area contributed by atoms with Crippen LogP contribution in [0.3, 0.4) is 0 Å². The smallest absolute Gasteiger partial charge is 0.147 e. The minimum absolute atomic E-state index is 0.458. The minimum Gasteiger partial charge on any atom is -0.351 e. The number of hydrogen-bond acceptors (Lipinski definition) is 4. The molecule has 4 heteroatoms. The van der Waals surface area contributed by atoms with Gasteiger partial charge in [-0.15, -0.1) is 0 Å². The molecule has 84 valence electrons. The summed E-state index contributed by atoms with van der Waals surface area (Å²) in [5.74, 6) is 3.08. The summed E-state index contributed by atoms with van der Waals surface area (Å²) in [6, 6.07) is 6.45. The third-order valence-corrected chi connectivity index (χ3v) is 3.96. The highest BCUT2D eigenvalue weighted by atomic mass is 32.2. The first-order valence-electron chi connectivity index (χ1n) is 5.44. The average molecular weight is 233 g/mol. The summed E-state index contributed by atoms with van der Waals surface area (Å²) in [6.07, 6.45) is 0. The van der Waals surface area contributed by atoms with E-state index in [1.807, 2.05) is 30.8 Å². The summed E-state index contributed by atoms with van der Waals surface area (Å²) in [6.45, 7) is 5.14. The largest absolute Gasteiger partial charge is 0.351 e. The number of hydrogen-bond donors (Lipinski definition) is 0. The Morgan fingerprint density at radius 1 is 1.56 bits per heavy atom. The van der Waals surface area contributed by atoms with E-state index in [-0.39, 0.29) is 0 Å². The van der Waals surface area contributed by atoms with Crippen molar-refractivity contribution in [2.75, 3.05) is 23.0 Å². The lowest BCUT2D eigenvalue weighted by atomic mass is 10.2. The first-order valence-corrected chi connectivity index (χ1v) is 6.60. The maximum absolute atomic E-state index is 9.10. The number of nitriles is 1. The molecular weight excluding hydrogens is 218 g/mol. The number of thioether (sulfide) groups is 1. The quantitative estimate of drug-likeness (QED) is 0.745. The van der Waals surface area contributed by atoms with E-state index in [9.17, 15) is 0 Å². The summed E-state index contributed by atoms with van der Waals surface area (Å²) in [7, 11) is 0. The predicted octanol–water partition coefficient (Wildman–Crippen LogP) is 2.20. The third-order valence-electron chi connectivity index (χ3n) is 2.77. The Labute approximate surface area is 100 Å². The highest BCUT2D eigenvalue weighted by Crippen LogP contribution is 2.25. The number of nitrogens with zero attached hydrogens (tertiary/aromatic N) is 3. The fourth-order valence-corrected chi connectivity index (χ4v) is 2.90. The van der Waals surface area contributed by atoms with Crippen LogP contribution in [0.2, 0.25) is 0 Å². The zero-order valence-corrected chi connectivity index (χ0v) is 10.4. The molecule has 2 rings (SSSR count). The topological polar surface area (TPSA) is 39.9 Å². The number of pyridine rings is 1. The van der Waals surface area contributed by atoms with Crippen molar-refractivity contribution in [1.29, 1.82) is 5.26 Å². The first-order chi connectivity index (χ1) is 7.72. The van der Waals surface area contributed by atoms with E-state index in [1.165, 1.54) is 0 Å². The SMILES string of the molecule is Cc1ccc(C#N)c(N2CCSCC2C)n1. The normalized spacial score (nSPS) is 20.6. The summed E-state index contributed by atoms with van der Waals surface area (Å²) < 4.78 is 0. The van der Waals surface area contributed by atoms with Crippen LogP contribution in [-0.2, 0) is 0 Å². The molecule has 1 aromatic heterocycles. The maximum Gasteiger partial charge on any atom is 0.147 e. The Morgan fingerprint density at radius 2 is 2.38 bits per heavy atom. The number of aryl methyl sites for hydroxylation is 1. The molecule has 0 saturated carbocycles. The van der Waals surface area contributed by atoms with Gasteiger partial charge in [0.05, 0.1) is 5.56 Å². The molecule has 1 saturated heterocycles. The van der Waals surface area contributed by atoms with E-state index < -0.39 is 0 Å². The van der Waals surface area contributed by atoms with Gasteiger partial charge in [0.25, 0.3) is 0 Å². The Balaban J connectivity index is 2.38. The molecule has 1 aliphatic heterocycles. The lowest BCUT2D eigenvalue weighted by molar-refractivity contribution is 0.687. The minimum atomic E-state index is 0.458. The van der Waals surface area contributed by atoms with Gasteiger partial charge in [0.15, 0.2) is 0 Å².